The molecule has 0 bridgehead atoms. The molecule has 1 aliphatic heterocycles. The highest BCUT2D eigenvalue weighted by molar-refractivity contribution is 5.99. The van der Waals surface area contributed by atoms with Gasteiger partial charge in [0, 0.05) is 25.9 Å². The van der Waals surface area contributed by atoms with E-state index in [1.54, 1.807) is 23.4 Å². The summed E-state index contributed by atoms with van der Waals surface area (Å²) >= 11 is 0. The molecule has 6 heteroatoms. The number of anilines is 1. The first-order valence-electron chi connectivity index (χ1n) is 5.60. The number of hydrogen-bond acceptors (Lipinski definition) is 5. The molecule has 1 aromatic heterocycles. The summed E-state index contributed by atoms with van der Waals surface area (Å²) in [6.45, 7) is 2.63. The highest BCUT2D eigenvalue weighted by Crippen LogP contribution is 2.15. The molecule has 0 atom stereocenters. The smallest absolute Gasteiger partial charge is 0.256 e. The zero-order chi connectivity index (χ0) is 12.1. The van der Waals surface area contributed by atoms with Gasteiger partial charge < -0.3 is 15.1 Å². The van der Waals surface area contributed by atoms with E-state index in [-0.39, 0.29) is 5.91 Å². The van der Waals surface area contributed by atoms with Crippen LogP contribution in [0.1, 0.15) is 16.8 Å². The van der Waals surface area contributed by atoms with Gasteiger partial charge in [-0.15, -0.1) is 0 Å². The average molecular weight is 236 g/mol. The Morgan fingerprint density at radius 2 is 2.35 bits per heavy atom. The Morgan fingerprint density at radius 3 is 3.18 bits per heavy atom. The zero-order valence-electron chi connectivity index (χ0n) is 9.56. The molecule has 1 amide bonds. The summed E-state index contributed by atoms with van der Waals surface area (Å²) in [4.78, 5) is 18.0. The fourth-order valence-electron chi connectivity index (χ4n) is 1.82. The molecule has 0 spiro atoms. The van der Waals surface area contributed by atoms with Crippen LogP contribution in [0.25, 0.3) is 0 Å². The number of pyridine rings is 1. The van der Waals surface area contributed by atoms with Crippen molar-refractivity contribution in [1.82, 2.24) is 9.88 Å². The number of carbonyl (C=O) groups excluding carboxylic acids is 1. The number of nitrogen functional groups attached to an aromatic ring is 1. The molecule has 3 N–H and O–H groups in total. The summed E-state index contributed by atoms with van der Waals surface area (Å²) < 4.78 is 5.32. The number of amides is 1. The highest BCUT2D eigenvalue weighted by Gasteiger charge is 2.19. The van der Waals surface area contributed by atoms with E-state index in [1.165, 1.54) is 0 Å². The van der Waals surface area contributed by atoms with E-state index in [1.807, 2.05) is 0 Å². The van der Waals surface area contributed by atoms with E-state index >= 15 is 0 Å². The van der Waals surface area contributed by atoms with Crippen molar-refractivity contribution in [3.05, 3.63) is 24.0 Å². The fourth-order valence-corrected chi connectivity index (χ4v) is 1.82. The maximum atomic E-state index is 12.3. The Morgan fingerprint density at radius 1 is 1.47 bits per heavy atom. The van der Waals surface area contributed by atoms with Crippen molar-refractivity contribution in [2.45, 2.75) is 6.42 Å². The van der Waals surface area contributed by atoms with Crippen LogP contribution in [-0.2, 0) is 4.74 Å². The van der Waals surface area contributed by atoms with Gasteiger partial charge in [0.05, 0.1) is 24.1 Å². The van der Waals surface area contributed by atoms with Crippen molar-refractivity contribution in [2.24, 2.45) is 5.84 Å². The number of rotatable bonds is 2. The Kier molecular flexibility index (Phi) is 3.89. The average Bonchev–Trinajstić information content (AvgIpc) is 2.66. The number of hydrogen-bond donors (Lipinski definition) is 2. The van der Waals surface area contributed by atoms with Crippen LogP contribution in [0.3, 0.4) is 0 Å². The third-order valence-corrected chi connectivity index (χ3v) is 2.72. The van der Waals surface area contributed by atoms with Gasteiger partial charge in [-0.1, -0.05) is 0 Å². The second-order valence-electron chi connectivity index (χ2n) is 3.82. The molecule has 92 valence electrons. The van der Waals surface area contributed by atoms with E-state index in [0.717, 1.165) is 6.42 Å². The number of nitrogens with one attached hydrogen (secondary N) is 1. The molecule has 2 heterocycles. The minimum atomic E-state index is -0.0362. The van der Waals surface area contributed by atoms with Gasteiger partial charge >= 0.3 is 0 Å². The molecule has 1 aromatic rings. The van der Waals surface area contributed by atoms with Gasteiger partial charge in [-0.25, -0.2) is 0 Å². The van der Waals surface area contributed by atoms with Crippen LogP contribution in [-0.4, -0.2) is 42.1 Å². The van der Waals surface area contributed by atoms with Gasteiger partial charge in [0.2, 0.25) is 0 Å². The van der Waals surface area contributed by atoms with Crippen LogP contribution in [0.2, 0.25) is 0 Å². The number of nitrogens with zero attached hydrogens (tertiary/aromatic N) is 2. The lowest BCUT2D eigenvalue weighted by Gasteiger charge is -2.20. The largest absolute Gasteiger partial charge is 0.380 e. The molecular formula is C11H16N4O2. The number of ether oxygens (including phenoxy) is 1. The van der Waals surface area contributed by atoms with Gasteiger partial charge in [0.1, 0.15) is 0 Å². The van der Waals surface area contributed by atoms with Crippen LogP contribution >= 0.6 is 0 Å². The lowest BCUT2D eigenvalue weighted by molar-refractivity contribution is 0.0742. The molecule has 0 unspecified atom stereocenters. The van der Waals surface area contributed by atoms with Crippen molar-refractivity contribution in [3.63, 3.8) is 0 Å². The minimum Gasteiger partial charge on any atom is -0.380 e. The SMILES string of the molecule is NNc1cnccc1C(=O)N1CCCOCC1. The quantitative estimate of drug-likeness (QED) is 0.567. The lowest BCUT2D eigenvalue weighted by atomic mass is 10.2. The third kappa shape index (κ3) is 2.72. The summed E-state index contributed by atoms with van der Waals surface area (Å²) in [5.41, 5.74) is 3.58. The summed E-state index contributed by atoms with van der Waals surface area (Å²) in [6, 6.07) is 1.67. The molecule has 1 aliphatic rings. The van der Waals surface area contributed by atoms with E-state index in [2.05, 4.69) is 10.4 Å². The van der Waals surface area contributed by atoms with Crippen molar-refractivity contribution < 1.29 is 9.53 Å². The summed E-state index contributed by atoms with van der Waals surface area (Å²) in [7, 11) is 0. The molecule has 2 rings (SSSR count). The van der Waals surface area contributed by atoms with Gasteiger partial charge in [-0.2, -0.15) is 0 Å². The van der Waals surface area contributed by atoms with E-state index in [0.29, 0.717) is 37.6 Å². The normalized spacial score (nSPS) is 16.4. The summed E-state index contributed by atoms with van der Waals surface area (Å²) in [5.74, 6) is 5.33. The number of carbonyl (C=O) groups is 1. The van der Waals surface area contributed by atoms with Crippen LogP contribution in [0, 0.1) is 0 Å². The van der Waals surface area contributed by atoms with Gasteiger partial charge in [-0.05, 0) is 12.5 Å². The monoisotopic (exact) mass is 236 g/mol. The summed E-state index contributed by atoms with van der Waals surface area (Å²) in [5, 5.41) is 0. The Bertz CT molecular complexity index is 389. The standard InChI is InChI=1S/C11H16N4O2/c12-14-10-8-13-3-2-9(10)11(16)15-4-1-6-17-7-5-15/h2-3,8,14H,1,4-7,12H2. The Balaban J connectivity index is 2.17. The zero-order valence-corrected chi connectivity index (χ0v) is 9.56. The fraction of sp³-hybridized carbons (Fsp3) is 0.455. The topological polar surface area (TPSA) is 80.5 Å². The molecular weight excluding hydrogens is 220 g/mol. The second-order valence-corrected chi connectivity index (χ2v) is 3.82. The number of aromatic nitrogens is 1. The first kappa shape index (κ1) is 11.8. The van der Waals surface area contributed by atoms with Gasteiger partial charge in [-0.3, -0.25) is 15.6 Å². The molecule has 0 aromatic carbocycles. The van der Waals surface area contributed by atoms with Gasteiger partial charge in [0.15, 0.2) is 0 Å². The molecule has 0 radical (unpaired) electrons. The first-order chi connectivity index (χ1) is 8.33. The van der Waals surface area contributed by atoms with Crippen molar-refractivity contribution in [3.8, 4) is 0 Å². The van der Waals surface area contributed by atoms with Crippen LogP contribution in [0.4, 0.5) is 5.69 Å². The van der Waals surface area contributed by atoms with E-state index in [9.17, 15) is 4.79 Å². The van der Waals surface area contributed by atoms with Crippen LogP contribution in [0.5, 0.6) is 0 Å². The summed E-state index contributed by atoms with van der Waals surface area (Å²) in [6.07, 6.45) is 3.99. The molecule has 6 nitrogen and oxygen atoms in total. The molecule has 1 saturated heterocycles. The predicted molar refractivity (Wildman–Crippen MR) is 63.4 cm³/mol. The van der Waals surface area contributed by atoms with E-state index in [4.69, 9.17) is 10.6 Å². The first-order valence-corrected chi connectivity index (χ1v) is 5.60. The molecule has 17 heavy (non-hydrogen) atoms. The molecule has 0 aliphatic carbocycles. The number of hydrazine groups is 1. The lowest BCUT2D eigenvalue weighted by Crippen LogP contribution is -2.34. The number of nitrogens with two attached hydrogens (primary N) is 1. The predicted octanol–water partition coefficient (Wildman–Crippen LogP) is 0.230. The maximum absolute atomic E-state index is 12.3. The van der Waals surface area contributed by atoms with Crippen molar-refractivity contribution >= 4 is 11.6 Å². The molecule has 1 fully saturated rings. The van der Waals surface area contributed by atoms with Crippen LogP contribution in [0.15, 0.2) is 18.5 Å². The third-order valence-electron chi connectivity index (χ3n) is 2.72. The Hall–Kier alpha value is -1.66. The minimum absolute atomic E-state index is 0.0362. The van der Waals surface area contributed by atoms with Crippen molar-refractivity contribution in [1.29, 1.82) is 0 Å². The highest BCUT2D eigenvalue weighted by atomic mass is 16.5. The van der Waals surface area contributed by atoms with Crippen LogP contribution < -0.4 is 11.3 Å². The van der Waals surface area contributed by atoms with Gasteiger partial charge in [0.25, 0.3) is 5.91 Å². The Labute approximate surface area is 99.7 Å². The second kappa shape index (κ2) is 5.60. The van der Waals surface area contributed by atoms with Crippen molar-refractivity contribution in [2.75, 3.05) is 31.7 Å². The molecule has 0 saturated carbocycles. The van der Waals surface area contributed by atoms with E-state index < -0.39 is 0 Å². The maximum Gasteiger partial charge on any atom is 0.256 e.